The Morgan fingerprint density at radius 1 is 1.00 bits per heavy atom. The maximum absolute atomic E-state index is 12.9. The number of rotatable bonds is 2. The first kappa shape index (κ1) is 19.7. The minimum absolute atomic E-state index is 0.108. The summed E-state index contributed by atoms with van der Waals surface area (Å²) in [7, 11) is 1.90. The Labute approximate surface area is 180 Å². The van der Waals surface area contributed by atoms with Gasteiger partial charge in [-0.15, -0.1) is 0 Å². The highest BCUT2D eigenvalue weighted by Gasteiger charge is 2.26. The number of fused-ring (bicyclic) bond motifs is 2. The number of hydrogen-bond donors (Lipinski definition) is 0. The van der Waals surface area contributed by atoms with Gasteiger partial charge in [-0.2, -0.15) is 5.10 Å². The van der Waals surface area contributed by atoms with Crippen LogP contribution in [0.2, 0.25) is 0 Å². The molecule has 1 saturated heterocycles. The van der Waals surface area contributed by atoms with Crippen LogP contribution in [0.15, 0.2) is 47.7 Å². The SMILES string of the molecule is Cn1cc2cc(-c3cc(=O)n4cc(N5CCN(C(C)(C)C)CC5)ncc4n3)ccc2n1. The number of benzene rings is 1. The maximum atomic E-state index is 12.9. The molecule has 8 nitrogen and oxygen atoms in total. The van der Waals surface area contributed by atoms with Gasteiger partial charge in [0.1, 0.15) is 5.82 Å². The monoisotopic (exact) mass is 417 g/mol. The molecule has 4 heterocycles. The summed E-state index contributed by atoms with van der Waals surface area (Å²) in [5, 5.41) is 5.42. The lowest BCUT2D eigenvalue weighted by Gasteiger charge is -2.42. The highest BCUT2D eigenvalue weighted by molar-refractivity contribution is 5.83. The Hall–Kier alpha value is -3.26. The van der Waals surface area contributed by atoms with Crippen molar-refractivity contribution in [3.63, 3.8) is 0 Å². The number of piperazine rings is 1. The number of aryl methyl sites for hydroxylation is 1. The van der Waals surface area contributed by atoms with Crippen LogP contribution in [0, 0.1) is 0 Å². The molecule has 0 radical (unpaired) electrons. The average molecular weight is 418 g/mol. The molecule has 0 spiro atoms. The first-order valence-corrected chi connectivity index (χ1v) is 10.6. The Balaban J connectivity index is 1.45. The number of anilines is 1. The summed E-state index contributed by atoms with van der Waals surface area (Å²) in [6, 6.07) is 7.50. The van der Waals surface area contributed by atoms with Crippen molar-refractivity contribution in [3.05, 3.63) is 53.2 Å². The predicted octanol–water partition coefficient (Wildman–Crippen LogP) is 2.56. The normalized spacial score (nSPS) is 15.8. The van der Waals surface area contributed by atoms with E-state index in [0.717, 1.165) is 48.5 Å². The standard InChI is InChI=1S/C23H27N7O/c1-23(2,3)29-9-7-28(8-10-29)21-15-30-20(13-24-21)25-19(12-22(30)31)16-5-6-18-17(11-16)14-27(4)26-18/h5-6,11-15H,7-10H2,1-4H3. The fourth-order valence-electron chi connectivity index (χ4n) is 4.23. The van der Waals surface area contributed by atoms with Gasteiger partial charge >= 0.3 is 0 Å². The van der Waals surface area contributed by atoms with Gasteiger partial charge in [-0.25, -0.2) is 9.97 Å². The zero-order valence-corrected chi connectivity index (χ0v) is 18.4. The third-order valence-electron chi connectivity index (χ3n) is 6.00. The Kier molecular flexibility index (Phi) is 4.55. The number of nitrogens with zero attached hydrogens (tertiary/aromatic N) is 7. The first-order chi connectivity index (χ1) is 14.8. The van der Waals surface area contributed by atoms with Crippen molar-refractivity contribution >= 4 is 22.4 Å². The van der Waals surface area contributed by atoms with Crippen LogP contribution in [0.5, 0.6) is 0 Å². The minimum Gasteiger partial charge on any atom is -0.353 e. The van der Waals surface area contributed by atoms with Crippen molar-refractivity contribution in [1.29, 1.82) is 0 Å². The lowest BCUT2D eigenvalue weighted by Crippen LogP contribution is -2.53. The van der Waals surface area contributed by atoms with Crippen LogP contribution in [0.1, 0.15) is 20.8 Å². The fourth-order valence-corrected chi connectivity index (χ4v) is 4.23. The Morgan fingerprint density at radius 3 is 2.52 bits per heavy atom. The van der Waals surface area contributed by atoms with Gasteiger partial charge in [-0.05, 0) is 32.9 Å². The first-order valence-electron chi connectivity index (χ1n) is 10.6. The zero-order valence-electron chi connectivity index (χ0n) is 18.4. The second-order valence-electron chi connectivity index (χ2n) is 9.17. The molecule has 1 fully saturated rings. The molecule has 0 saturated carbocycles. The van der Waals surface area contributed by atoms with Crippen LogP contribution in [0.25, 0.3) is 27.8 Å². The summed E-state index contributed by atoms with van der Waals surface area (Å²) in [5.74, 6) is 0.814. The fraction of sp³-hybridized carbons (Fsp3) is 0.391. The van der Waals surface area contributed by atoms with Crippen LogP contribution in [-0.2, 0) is 7.05 Å². The summed E-state index contributed by atoms with van der Waals surface area (Å²) in [6.07, 6.45) is 5.46. The van der Waals surface area contributed by atoms with Gasteiger partial charge in [0.2, 0.25) is 0 Å². The summed E-state index contributed by atoms with van der Waals surface area (Å²) >= 11 is 0. The molecule has 31 heavy (non-hydrogen) atoms. The van der Waals surface area contributed by atoms with Crippen molar-refractivity contribution in [2.45, 2.75) is 26.3 Å². The lowest BCUT2D eigenvalue weighted by molar-refractivity contribution is 0.128. The lowest BCUT2D eigenvalue weighted by atomic mass is 10.1. The van der Waals surface area contributed by atoms with Crippen LogP contribution in [0.3, 0.4) is 0 Å². The molecule has 0 N–H and O–H groups in total. The van der Waals surface area contributed by atoms with Gasteiger partial charge in [-0.3, -0.25) is 18.8 Å². The van der Waals surface area contributed by atoms with Crippen molar-refractivity contribution in [2.75, 3.05) is 31.1 Å². The molecule has 0 bridgehead atoms. The molecular weight excluding hydrogens is 390 g/mol. The van der Waals surface area contributed by atoms with E-state index in [-0.39, 0.29) is 11.1 Å². The molecule has 0 aliphatic carbocycles. The zero-order chi connectivity index (χ0) is 21.8. The molecule has 0 amide bonds. The van der Waals surface area contributed by atoms with Crippen molar-refractivity contribution in [1.82, 2.24) is 29.0 Å². The molecule has 8 heteroatoms. The molecule has 3 aromatic heterocycles. The number of hydrogen-bond acceptors (Lipinski definition) is 6. The second kappa shape index (κ2) is 7.16. The molecule has 1 aliphatic heterocycles. The van der Waals surface area contributed by atoms with Crippen LogP contribution < -0.4 is 10.5 Å². The van der Waals surface area contributed by atoms with Gasteiger partial charge in [0.15, 0.2) is 5.65 Å². The van der Waals surface area contributed by atoms with Gasteiger partial charge in [0.25, 0.3) is 5.56 Å². The minimum atomic E-state index is -0.108. The van der Waals surface area contributed by atoms with Crippen LogP contribution in [0.4, 0.5) is 5.82 Å². The molecule has 1 aliphatic rings. The molecule has 0 atom stereocenters. The average Bonchev–Trinajstić information content (AvgIpc) is 3.12. The van der Waals surface area contributed by atoms with E-state index in [2.05, 4.69) is 40.7 Å². The van der Waals surface area contributed by atoms with Crippen molar-refractivity contribution in [2.24, 2.45) is 7.05 Å². The largest absolute Gasteiger partial charge is 0.353 e. The third-order valence-corrected chi connectivity index (χ3v) is 6.00. The smallest absolute Gasteiger partial charge is 0.258 e. The second-order valence-corrected chi connectivity index (χ2v) is 9.17. The molecule has 0 unspecified atom stereocenters. The van der Waals surface area contributed by atoms with Gasteiger partial charge in [0.05, 0.1) is 23.6 Å². The van der Waals surface area contributed by atoms with Crippen LogP contribution >= 0.6 is 0 Å². The van der Waals surface area contributed by atoms with E-state index in [1.165, 1.54) is 0 Å². The molecular formula is C23H27N7O. The maximum Gasteiger partial charge on any atom is 0.258 e. The quantitative estimate of drug-likeness (QED) is 0.499. The number of aromatic nitrogens is 5. The van der Waals surface area contributed by atoms with Gasteiger partial charge < -0.3 is 4.90 Å². The third kappa shape index (κ3) is 3.67. The highest BCUT2D eigenvalue weighted by Crippen LogP contribution is 2.23. The Morgan fingerprint density at radius 2 is 1.77 bits per heavy atom. The van der Waals surface area contributed by atoms with Gasteiger partial charge in [0, 0.05) is 62.0 Å². The molecule has 160 valence electrons. The summed E-state index contributed by atoms with van der Waals surface area (Å²) < 4.78 is 3.37. The van der Waals surface area contributed by atoms with Crippen molar-refractivity contribution < 1.29 is 0 Å². The van der Waals surface area contributed by atoms with Crippen LogP contribution in [-0.4, -0.2) is 60.8 Å². The molecule has 1 aromatic carbocycles. The van der Waals surface area contributed by atoms with E-state index >= 15 is 0 Å². The molecule has 4 aromatic rings. The van der Waals surface area contributed by atoms with E-state index in [4.69, 9.17) is 4.98 Å². The van der Waals surface area contributed by atoms with E-state index in [1.807, 2.05) is 37.6 Å². The molecule has 5 rings (SSSR count). The summed E-state index contributed by atoms with van der Waals surface area (Å²) in [6.45, 7) is 10.5. The van der Waals surface area contributed by atoms with E-state index in [0.29, 0.717) is 11.3 Å². The van der Waals surface area contributed by atoms with E-state index in [9.17, 15) is 4.79 Å². The predicted molar refractivity (Wildman–Crippen MR) is 123 cm³/mol. The topological polar surface area (TPSA) is 71.6 Å². The van der Waals surface area contributed by atoms with E-state index < -0.39 is 0 Å². The summed E-state index contributed by atoms with van der Waals surface area (Å²) in [4.78, 5) is 26.9. The highest BCUT2D eigenvalue weighted by atomic mass is 16.1. The summed E-state index contributed by atoms with van der Waals surface area (Å²) in [5.41, 5.74) is 3.06. The van der Waals surface area contributed by atoms with Crippen molar-refractivity contribution in [3.8, 4) is 11.3 Å². The van der Waals surface area contributed by atoms with E-state index in [1.54, 1.807) is 21.3 Å². The Bertz CT molecular complexity index is 1320. The van der Waals surface area contributed by atoms with Gasteiger partial charge in [-0.1, -0.05) is 6.07 Å².